The number of hydrogen-bond acceptors (Lipinski definition) is 2. The van der Waals surface area contributed by atoms with Gasteiger partial charge in [0.2, 0.25) is 0 Å². The SMILES string of the molecule is Fc1ccc(C2(c3ccc(F)cc3)c3ccc(Br)nc3-c3nc(Br)ccc32)cc1. The van der Waals surface area contributed by atoms with Crippen LogP contribution >= 0.6 is 31.9 Å². The van der Waals surface area contributed by atoms with Gasteiger partial charge in [-0.25, -0.2) is 18.7 Å². The maximum absolute atomic E-state index is 13.8. The van der Waals surface area contributed by atoms with E-state index in [-0.39, 0.29) is 11.6 Å². The Hall–Kier alpha value is -2.44. The molecule has 2 heterocycles. The summed E-state index contributed by atoms with van der Waals surface area (Å²) in [6, 6.07) is 20.6. The molecule has 0 atom stereocenters. The number of rotatable bonds is 2. The van der Waals surface area contributed by atoms with Gasteiger partial charge in [0.05, 0.1) is 16.8 Å². The van der Waals surface area contributed by atoms with Crippen molar-refractivity contribution < 1.29 is 8.78 Å². The van der Waals surface area contributed by atoms with Crippen LogP contribution in [0.1, 0.15) is 22.3 Å². The molecule has 2 aromatic carbocycles. The van der Waals surface area contributed by atoms with E-state index in [1.54, 1.807) is 24.3 Å². The smallest absolute Gasteiger partial charge is 0.123 e. The van der Waals surface area contributed by atoms with Crippen molar-refractivity contribution in [2.45, 2.75) is 5.41 Å². The standard InChI is InChI=1S/C23H12Br2F2N2/c24-19-11-9-17-21(28-19)22-18(10-12-20(25)29-22)23(17,13-1-5-15(26)6-2-13)14-3-7-16(27)8-4-14/h1-12H. The molecule has 0 amide bonds. The Morgan fingerprint density at radius 3 is 1.31 bits per heavy atom. The molecular weight excluding hydrogens is 502 g/mol. The fourth-order valence-corrected chi connectivity index (χ4v) is 4.79. The highest BCUT2D eigenvalue weighted by Gasteiger charge is 2.48. The van der Waals surface area contributed by atoms with Crippen LogP contribution in [-0.2, 0) is 5.41 Å². The van der Waals surface area contributed by atoms with E-state index < -0.39 is 5.41 Å². The lowest BCUT2D eigenvalue weighted by molar-refractivity contribution is 0.622. The zero-order chi connectivity index (χ0) is 20.2. The number of pyridine rings is 2. The lowest BCUT2D eigenvalue weighted by atomic mass is 9.68. The molecule has 4 aromatic rings. The summed E-state index contributed by atoms with van der Waals surface area (Å²) < 4.78 is 28.9. The fourth-order valence-electron chi connectivity index (χ4n) is 4.17. The van der Waals surface area contributed by atoms with Gasteiger partial charge in [-0.15, -0.1) is 0 Å². The van der Waals surface area contributed by atoms with Gasteiger partial charge in [-0.2, -0.15) is 0 Å². The van der Waals surface area contributed by atoms with Crippen molar-refractivity contribution in [2.75, 3.05) is 0 Å². The molecule has 0 radical (unpaired) electrons. The molecule has 0 spiro atoms. The molecule has 2 aromatic heterocycles. The van der Waals surface area contributed by atoms with Crippen molar-refractivity contribution in [1.29, 1.82) is 0 Å². The molecule has 142 valence electrons. The van der Waals surface area contributed by atoms with Crippen LogP contribution in [0.3, 0.4) is 0 Å². The van der Waals surface area contributed by atoms with Crippen LogP contribution < -0.4 is 0 Å². The summed E-state index contributed by atoms with van der Waals surface area (Å²) in [7, 11) is 0. The molecule has 2 nitrogen and oxygen atoms in total. The van der Waals surface area contributed by atoms with Crippen LogP contribution in [0.15, 0.2) is 82.0 Å². The molecule has 29 heavy (non-hydrogen) atoms. The Morgan fingerprint density at radius 1 is 0.552 bits per heavy atom. The van der Waals surface area contributed by atoms with Crippen molar-refractivity contribution in [3.63, 3.8) is 0 Å². The number of aromatic nitrogens is 2. The highest BCUT2D eigenvalue weighted by Crippen LogP contribution is 2.55. The van der Waals surface area contributed by atoms with E-state index >= 15 is 0 Å². The molecule has 0 unspecified atom stereocenters. The van der Waals surface area contributed by atoms with Gasteiger partial charge in [0.1, 0.15) is 20.8 Å². The highest BCUT2D eigenvalue weighted by atomic mass is 79.9. The topological polar surface area (TPSA) is 25.8 Å². The molecule has 0 fully saturated rings. The molecule has 1 aliphatic carbocycles. The zero-order valence-electron chi connectivity index (χ0n) is 14.8. The number of benzene rings is 2. The normalized spacial score (nSPS) is 13.8. The predicted octanol–water partition coefficient (Wildman–Crippen LogP) is 6.64. The molecule has 0 saturated heterocycles. The predicted molar refractivity (Wildman–Crippen MR) is 115 cm³/mol. The van der Waals surface area contributed by atoms with Crippen molar-refractivity contribution in [3.05, 3.63) is 116 Å². The van der Waals surface area contributed by atoms with Crippen molar-refractivity contribution in [2.24, 2.45) is 0 Å². The van der Waals surface area contributed by atoms with Gasteiger partial charge in [0.25, 0.3) is 0 Å². The summed E-state index contributed by atoms with van der Waals surface area (Å²) in [6.45, 7) is 0. The van der Waals surface area contributed by atoms with Gasteiger partial charge in [0.15, 0.2) is 0 Å². The maximum Gasteiger partial charge on any atom is 0.123 e. The minimum Gasteiger partial charge on any atom is -0.239 e. The lowest BCUT2D eigenvalue weighted by Gasteiger charge is -2.33. The van der Waals surface area contributed by atoms with Crippen molar-refractivity contribution in [1.82, 2.24) is 9.97 Å². The first-order chi connectivity index (χ1) is 14.0. The van der Waals surface area contributed by atoms with Gasteiger partial charge in [-0.3, -0.25) is 0 Å². The van der Waals surface area contributed by atoms with Crippen LogP contribution in [0.5, 0.6) is 0 Å². The number of fused-ring (bicyclic) bond motifs is 3. The van der Waals surface area contributed by atoms with E-state index in [2.05, 4.69) is 31.9 Å². The second kappa shape index (κ2) is 6.82. The molecule has 5 rings (SSSR count). The summed E-state index contributed by atoms with van der Waals surface area (Å²) in [5, 5.41) is 0. The lowest BCUT2D eigenvalue weighted by Crippen LogP contribution is -2.28. The number of halogens is 4. The van der Waals surface area contributed by atoms with E-state index in [4.69, 9.17) is 9.97 Å². The first kappa shape index (κ1) is 18.6. The van der Waals surface area contributed by atoms with Crippen molar-refractivity contribution in [3.8, 4) is 11.4 Å². The summed E-state index contributed by atoms with van der Waals surface area (Å²) in [6.07, 6.45) is 0. The van der Waals surface area contributed by atoms with Crippen LogP contribution in [0.25, 0.3) is 11.4 Å². The second-order valence-electron chi connectivity index (χ2n) is 6.82. The third-order valence-corrected chi connectivity index (χ3v) is 6.19. The minimum absolute atomic E-state index is 0.315. The Labute approximate surface area is 182 Å². The third kappa shape index (κ3) is 2.77. The average Bonchev–Trinajstić information content (AvgIpc) is 2.99. The summed E-state index contributed by atoms with van der Waals surface area (Å²) in [5.74, 6) is -0.631. The number of hydrogen-bond donors (Lipinski definition) is 0. The molecule has 1 aliphatic rings. The first-order valence-electron chi connectivity index (χ1n) is 8.86. The molecule has 0 aliphatic heterocycles. The van der Waals surface area contributed by atoms with Crippen molar-refractivity contribution >= 4 is 31.9 Å². The van der Waals surface area contributed by atoms with Gasteiger partial charge in [0, 0.05) is 0 Å². The first-order valence-corrected chi connectivity index (χ1v) is 10.5. The van der Waals surface area contributed by atoms with E-state index in [0.717, 1.165) is 33.6 Å². The molecule has 0 N–H and O–H groups in total. The molecule has 0 saturated carbocycles. The largest absolute Gasteiger partial charge is 0.239 e. The van der Waals surface area contributed by atoms with Crippen LogP contribution in [0.2, 0.25) is 0 Å². The van der Waals surface area contributed by atoms with Crippen LogP contribution in [-0.4, -0.2) is 9.97 Å². The Bertz CT molecular complexity index is 1140. The molecule has 0 bridgehead atoms. The Balaban J connectivity index is 1.95. The van der Waals surface area contributed by atoms with E-state index in [1.807, 2.05) is 24.3 Å². The van der Waals surface area contributed by atoms with Gasteiger partial charge < -0.3 is 0 Å². The molecular formula is C23H12Br2F2N2. The van der Waals surface area contributed by atoms with E-state index in [1.165, 1.54) is 24.3 Å². The highest BCUT2D eigenvalue weighted by molar-refractivity contribution is 9.10. The van der Waals surface area contributed by atoms with E-state index in [0.29, 0.717) is 9.21 Å². The summed E-state index contributed by atoms with van der Waals surface area (Å²) >= 11 is 6.91. The van der Waals surface area contributed by atoms with Crippen LogP contribution in [0, 0.1) is 11.6 Å². The average molecular weight is 514 g/mol. The van der Waals surface area contributed by atoms with Crippen LogP contribution in [0.4, 0.5) is 8.78 Å². The fraction of sp³-hybridized carbons (Fsp3) is 0.0435. The minimum atomic E-state index is -0.784. The van der Waals surface area contributed by atoms with Gasteiger partial charge in [-0.05, 0) is 90.5 Å². The third-order valence-electron chi connectivity index (χ3n) is 5.31. The van der Waals surface area contributed by atoms with E-state index in [9.17, 15) is 8.78 Å². The zero-order valence-corrected chi connectivity index (χ0v) is 18.0. The second-order valence-corrected chi connectivity index (χ2v) is 8.45. The Morgan fingerprint density at radius 2 is 0.931 bits per heavy atom. The maximum atomic E-state index is 13.8. The number of nitrogens with zero attached hydrogens (tertiary/aromatic N) is 2. The summed E-state index contributed by atoms with van der Waals surface area (Å²) in [5.41, 5.74) is 4.25. The quantitative estimate of drug-likeness (QED) is 0.247. The summed E-state index contributed by atoms with van der Waals surface area (Å²) in [4.78, 5) is 9.41. The monoisotopic (exact) mass is 512 g/mol. The Kier molecular flexibility index (Phi) is 4.37. The molecule has 6 heteroatoms. The van der Waals surface area contributed by atoms with Gasteiger partial charge in [-0.1, -0.05) is 36.4 Å². The van der Waals surface area contributed by atoms with Gasteiger partial charge >= 0.3 is 0 Å².